The Labute approximate surface area is 175 Å². The number of nitrogens with zero attached hydrogens (tertiary/aromatic N) is 1. The largest absolute Gasteiger partial charge is 0.490 e. The van der Waals surface area contributed by atoms with Crippen LogP contribution in [0.1, 0.15) is 23.7 Å². The van der Waals surface area contributed by atoms with Crippen molar-refractivity contribution in [3.8, 4) is 11.5 Å². The summed E-state index contributed by atoms with van der Waals surface area (Å²) in [5.41, 5.74) is 8.36. The van der Waals surface area contributed by atoms with Gasteiger partial charge in [0, 0.05) is 11.1 Å². The molecule has 2 amide bonds. The van der Waals surface area contributed by atoms with Gasteiger partial charge in [-0.3, -0.25) is 25.4 Å². The second-order valence-corrected chi connectivity index (χ2v) is 6.76. The standard InChI is InChI=1S/C23H25N3O4/c1-4-29-20-11-7-8-12-21(20)30-14-23(28)26-25-22(27)13-18-15(2)17-9-5-6-10-19(17)24-16(18)3/h5-12H,4,13-14H2,1-3H3,(H,25,27)(H,26,28). The van der Waals surface area contributed by atoms with E-state index in [2.05, 4.69) is 15.8 Å². The van der Waals surface area contributed by atoms with Crippen molar-refractivity contribution in [2.24, 2.45) is 0 Å². The highest BCUT2D eigenvalue weighted by atomic mass is 16.5. The van der Waals surface area contributed by atoms with Crippen LogP contribution >= 0.6 is 0 Å². The molecule has 156 valence electrons. The minimum absolute atomic E-state index is 0.115. The predicted octanol–water partition coefficient (Wildman–Crippen LogP) is 3.02. The van der Waals surface area contributed by atoms with Crippen molar-refractivity contribution < 1.29 is 19.1 Å². The van der Waals surface area contributed by atoms with Gasteiger partial charge in [-0.2, -0.15) is 0 Å². The molecular weight excluding hydrogens is 382 g/mol. The van der Waals surface area contributed by atoms with E-state index < -0.39 is 5.91 Å². The van der Waals surface area contributed by atoms with Gasteiger partial charge < -0.3 is 9.47 Å². The van der Waals surface area contributed by atoms with Crippen LogP contribution in [0.4, 0.5) is 0 Å². The molecule has 0 aliphatic heterocycles. The van der Waals surface area contributed by atoms with E-state index in [0.717, 1.165) is 27.7 Å². The molecule has 0 unspecified atom stereocenters. The van der Waals surface area contributed by atoms with Gasteiger partial charge >= 0.3 is 0 Å². The normalized spacial score (nSPS) is 10.5. The van der Waals surface area contributed by atoms with Crippen LogP contribution in [0.25, 0.3) is 10.9 Å². The highest BCUT2D eigenvalue weighted by Crippen LogP contribution is 2.26. The average molecular weight is 407 g/mol. The van der Waals surface area contributed by atoms with Crippen LogP contribution in [0.5, 0.6) is 11.5 Å². The molecule has 0 aliphatic carbocycles. The number of pyridine rings is 1. The first-order valence-corrected chi connectivity index (χ1v) is 9.76. The summed E-state index contributed by atoms with van der Waals surface area (Å²) in [6, 6.07) is 14.9. The highest BCUT2D eigenvalue weighted by Gasteiger charge is 2.14. The molecule has 0 bridgehead atoms. The zero-order valence-electron chi connectivity index (χ0n) is 17.3. The third-order valence-corrected chi connectivity index (χ3v) is 4.67. The Hall–Kier alpha value is -3.61. The van der Waals surface area contributed by atoms with Gasteiger partial charge in [0.05, 0.1) is 18.5 Å². The fourth-order valence-corrected chi connectivity index (χ4v) is 3.20. The lowest BCUT2D eigenvalue weighted by Gasteiger charge is -2.14. The zero-order chi connectivity index (χ0) is 21.5. The van der Waals surface area contributed by atoms with E-state index in [-0.39, 0.29) is 18.9 Å². The summed E-state index contributed by atoms with van der Waals surface area (Å²) < 4.78 is 10.9. The summed E-state index contributed by atoms with van der Waals surface area (Å²) in [6.45, 7) is 5.96. The Balaban J connectivity index is 1.55. The summed E-state index contributed by atoms with van der Waals surface area (Å²) in [5.74, 6) is 0.224. The van der Waals surface area contributed by atoms with Crippen molar-refractivity contribution in [2.75, 3.05) is 13.2 Å². The number of hydrazine groups is 1. The maximum absolute atomic E-state index is 12.4. The van der Waals surface area contributed by atoms with E-state index in [1.807, 2.05) is 51.1 Å². The molecule has 2 N–H and O–H groups in total. The van der Waals surface area contributed by atoms with Crippen LogP contribution in [0.15, 0.2) is 48.5 Å². The third kappa shape index (κ3) is 5.05. The Bertz CT molecular complexity index is 1070. The number of aromatic nitrogens is 1. The van der Waals surface area contributed by atoms with Gasteiger partial charge in [-0.05, 0) is 50.1 Å². The molecule has 30 heavy (non-hydrogen) atoms. The van der Waals surface area contributed by atoms with E-state index in [1.54, 1.807) is 18.2 Å². The number of fused-ring (bicyclic) bond motifs is 1. The van der Waals surface area contributed by atoms with Gasteiger partial charge in [0.2, 0.25) is 5.91 Å². The smallest absolute Gasteiger partial charge is 0.276 e. The molecule has 7 heteroatoms. The summed E-state index contributed by atoms with van der Waals surface area (Å²) >= 11 is 0. The fraction of sp³-hybridized carbons (Fsp3) is 0.261. The van der Waals surface area contributed by atoms with Gasteiger partial charge in [0.25, 0.3) is 5.91 Å². The first kappa shape index (κ1) is 21.1. The number of para-hydroxylation sites is 3. The van der Waals surface area contributed by atoms with Crippen LogP contribution in [0.2, 0.25) is 0 Å². The molecule has 1 heterocycles. The zero-order valence-corrected chi connectivity index (χ0v) is 17.3. The molecule has 2 aromatic carbocycles. The summed E-state index contributed by atoms with van der Waals surface area (Å²) in [7, 11) is 0. The van der Waals surface area contributed by atoms with Crippen molar-refractivity contribution in [2.45, 2.75) is 27.2 Å². The minimum Gasteiger partial charge on any atom is -0.490 e. The number of aryl methyl sites for hydroxylation is 2. The Morgan fingerprint density at radius 1 is 0.900 bits per heavy atom. The lowest BCUT2D eigenvalue weighted by Crippen LogP contribution is -2.44. The van der Waals surface area contributed by atoms with E-state index in [9.17, 15) is 9.59 Å². The fourth-order valence-electron chi connectivity index (χ4n) is 3.20. The number of carbonyl (C=O) groups is 2. The number of rotatable bonds is 7. The van der Waals surface area contributed by atoms with E-state index >= 15 is 0 Å². The molecule has 0 saturated carbocycles. The molecule has 3 aromatic rings. The quantitative estimate of drug-likeness (QED) is 0.588. The van der Waals surface area contributed by atoms with Crippen LogP contribution in [0, 0.1) is 13.8 Å². The van der Waals surface area contributed by atoms with Crippen LogP contribution in [0.3, 0.4) is 0 Å². The predicted molar refractivity (Wildman–Crippen MR) is 114 cm³/mol. The molecule has 0 fully saturated rings. The second kappa shape index (κ2) is 9.73. The Morgan fingerprint density at radius 2 is 1.53 bits per heavy atom. The number of carbonyl (C=O) groups excluding carboxylic acids is 2. The molecule has 3 rings (SSSR count). The number of hydrogen-bond acceptors (Lipinski definition) is 5. The topological polar surface area (TPSA) is 89.5 Å². The Kier molecular flexibility index (Phi) is 6.85. The number of hydrogen-bond donors (Lipinski definition) is 2. The maximum Gasteiger partial charge on any atom is 0.276 e. The average Bonchev–Trinajstić information content (AvgIpc) is 2.75. The SMILES string of the molecule is CCOc1ccccc1OCC(=O)NNC(=O)Cc1c(C)nc2ccccc2c1C. The van der Waals surface area contributed by atoms with Crippen molar-refractivity contribution >= 4 is 22.7 Å². The first-order valence-electron chi connectivity index (χ1n) is 9.76. The van der Waals surface area contributed by atoms with Crippen LogP contribution in [-0.2, 0) is 16.0 Å². The van der Waals surface area contributed by atoms with E-state index in [0.29, 0.717) is 18.1 Å². The molecule has 1 aromatic heterocycles. The maximum atomic E-state index is 12.4. The monoisotopic (exact) mass is 407 g/mol. The lowest BCUT2D eigenvalue weighted by atomic mass is 9.99. The van der Waals surface area contributed by atoms with Gasteiger partial charge in [0.15, 0.2) is 18.1 Å². The van der Waals surface area contributed by atoms with Gasteiger partial charge in [-0.1, -0.05) is 30.3 Å². The number of nitrogens with one attached hydrogen (secondary N) is 2. The third-order valence-electron chi connectivity index (χ3n) is 4.67. The summed E-state index contributed by atoms with van der Waals surface area (Å²) in [4.78, 5) is 29.0. The minimum atomic E-state index is -0.472. The highest BCUT2D eigenvalue weighted by molar-refractivity contribution is 5.87. The van der Waals surface area contributed by atoms with Crippen LogP contribution < -0.4 is 20.3 Å². The van der Waals surface area contributed by atoms with Crippen molar-refractivity contribution in [1.29, 1.82) is 0 Å². The van der Waals surface area contributed by atoms with Crippen molar-refractivity contribution in [3.63, 3.8) is 0 Å². The first-order chi connectivity index (χ1) is 14.5. The molecule has 0 aliphatic rings. The van der Waals surface area contributed by atoms with Gasteiger partial charge in [-0.25, -0.2) is 0 Å². The van der Waals surface area contributed by atoms with Crippen molar-refractivity contribution in [1.82, 2.24) is 15.8 Å². The second-order valence-electron chi connectivity index (χ2n) is 6.76. The summed E-state index contributed by atoms with van der Waals surface area (Å²) in [5, 5.41) is 1.01. The van der Waals surface area contributed by atoms with Crippen molar-refractivity contribution in [3.05, 3.63) is 65.4 Å². The Morgan fingerprint density at radius 3 is 2.27 bits per heavy atom. The molecule has 0 spiro atoms. The summed E-state index contributed by atoms with van der Waals surface area (Å²) in [6.07, 6.45) is 0.115. The van der Waals surface area contributed by atoms with Gasteiger partial charge in [-0.15, -0.1) is 0 Å². The molecular formula is C23H25N3O4. The molecule has 7 nitrogen and oxygen atoms in total. The van der Waals surface area contributed by atoms with Crippen LogP contribution in [-0.4, -0.2) is 30.0 Å². The lowest BCUT2D eigenvalue weighted by molar-refractivity contribution is -0.129. The van der Waals surface area contributed by atoms with E-state index in [1.165, 1.54) is 0 Å². The van der Waals surface area contributed by atoms with Gasteiger partial charge in [0.1, 0.15) is 0 Å². The number of amides is 2. The molecule has 0 atom stereocenters. The molecule has 0 saturated heterocycles. The number of benzene rings is 2. The van der Waals surface area contributed by atoms with E-state index in [4.69, 9.17) is 9.47 Å². The molecule has 0 radical (unpaired) electrons. The number of ether oxygens (including phenoxy) is 2.